The van der Waals surface area contributed by atoms with Gasteiger partial charge in [-0.05, 0) is 18.9 Å². The SMILES string of the molecule is BrCCN(CCn1cccn1)C1CCC1. The number of alkyl halides is 1. The van der Waals surface area contributed by atoms with Gasteiger partial charge in [0.25, 0.3) is 0 Å². The standard InChI is InChI=1S/C11H18BrN3/c12-5-8-14(11-3-1-4-11)9-10-15-7-2-6-13-15/h2,6-7,11H,1,3-5,8-10H2. The van der Waals surface area contributed by atoms with Crippen LogP contribution in [0.5, 0.6) is 0 Å². The van der Waals surface area contributed by atoms with Crippen molar-refractivity contribution < 1.29 is 0 Å². The predicted octanol–water partition coefficient (Wildman–Crippen LogP) is 2.13. The minimum Gasteiger partial charge on any atom is -0.298 e. The van der Waals surface area contributed by atoms with E-state index in [1.165, 1.54) is 19.3 Å². The van der Waals surface area contributed by atoms with Crippen LogP contribution in [0.25, 0.3) is 0 Å². The van der Waals surface area contributed by atoms with Crippen molar-refractivity contribution >= 4 is 15.9 Å². The van der Waals surface area contributed by atoms with Gasteiger partial charge in [-0.2, -0.15) is 5.10 Å². The summed E-state index contributed by atoms with van der Waals surface area (Å²) in [6.07, 6.45) is 8.05. The molecule has 2 rings (SSSR count). The number of hydrogen-bond donors (Lipinski definition) is 0. The molecule has 1 aliphatic rings. The predicted molar refractivity (Wildman–Crippen MR) is 65.2 cm³/mol. The molecule has 0 bridgehead atoms. The fraction of sp³-hybridized carbons (Fsp3) is 0.727. The Balaban J connectivity index is 1.78. The van der Waals surface area contributed by atoms with E-state index in [9.17, 15) is 0 Å². The zero-order valence-electron chi connectivity index (χ0n) is 8.98. The third-order valence-corrected chi connectivity index (χ3v) is 3.49. The maximum absolute atomic E-state index is 4.23. The van der Waals surface area contributed by atoms with Crippen molar-refractivity contribution in [1.29, 1.82) is 0 Å². The van der Waals surface area contributed by atoms with Gasteiger partial charge in [-0.25, -0.2) is 0 Å². The van der Waals surface area contributed by atoms with Crippen LogP contribution in [0.1, 0.15) is 19.3 Å². The Morgan fingerprint density at radius 1 is 1.40 bits per heavy atom. The van der Waals surface area contributed by atoms with E-state index in [2.05, 4.69) is 25.9 Å². The molecule has 1 fully saturated rings. The van der Waals surface area contributed by atoms with Gasteiger partial charge in [0.05, 0.1) is 6.54 Å². The van der Waals surface area contributed by atoms with Crippen molar-refractivity contribution in [3.05, 3.63) is 18.5 Å². The summed E-state index contributed by atoms with van der Waals surface area (Å²) in [6.45, 7) is 3.29. The molecule has 0 atom stereocenters. The number of rotatable bonds is 6. The lowest BCUT2D eigenvalue weighted by Gasteiger charge is -2.37. The molecule has 1 aliphatic carbocycles. The maximum atomic E-state index is 4.23. The topological polar surface area (TPSA) is 21.1 Å². The molecule has 0 unspecified atom stereocenters. The Kier molecular flexibility index (Phi) is 4.20. The Labute approximate surface area is 99.6 Å². The second-order valence-corrected chi connectivity index (χ2v) is 4.87. The quantitative estimate of drug-likeness (QED) is 0.740. The van der Waals surface area contributed by atoms with Crippen LogP contribution in [-0.4, -0.2) is 39.1 Å². The first kappa shape index (κ1) is 11.1. The minimum atomic E-state index is 0.832. The first-order valence-corrected chi connectivity index (χ1v) is 6.80. The summed E-state index contributed by atoms with van der Waals surface area (Å²) in [6, 6.07) is 2.82. The summed E-state index contributed by atoms with van der Waals surface area (Å²) < 4.78 is 2.01. The van der Waals surface area contributed by atoms with Crippen molar-refractivity contribution in [1.82, 2.24) is 14.7 Å². The van der Waals surface area contributed by atoms with Crippen LogP contribution in [0.4, 0.5) is 0 Å². The first-order chi connectivity index (χ1) is 7.40. The van der Waals surface area contributed by atoms with E-state index in [-0.39, 0.29) is 0 Å². The lowest BCUT2D eigenvalue weighted by Crippen LogP contribution is -2.42. The van der Waals surface area contributed by atoms with Gasteiger partial charge in [0, 0.05) is 36.9 Å². The summed E-state index contributed by atoms with van der Waals surface area (Å²) >= 11 is 3.53. The normalized spacial score (nSPS) is 16.9. The Bertz CT molecular complexity index is 269. The van der Waals surface area contributed by atoms with Crippen LogP contribution >= 0.6 is 15.9 Å². The van der Waals surface area contributed by atoms with Crippen LogP contribution in [0.2, 0.25) is 0 Å². The molecular formula is C11H18BrN3. The average Bonchev–Trinajstić information content (AvgIpc) is 2.64. The fourth-order valence-corrected chi connectivity index (χ4v) is 2.46. The molecule has 0 radical (unpaired) electrons. The van der Waals surface area contributed by atoms with Gasteiger partial charge < -0.3 is 0 Å². The molecule has 1 heterocycles. The lowest BCUT2D eigenvalue weighted by molar-refractivity contribution is 0.129. The Morgan fingerprint density at radius 2 is 2.27 bits per heavy atom. The Hall–Kier alpha value is -0.350. The molecule has 0 aliphatic heterocycles. The number of hydrogen-bond acceptors (Lipinski definition) is 2. The van der Waals surface area contributed by atoms with Crippen LogP contribution < -0.4 is 0 Å². The van der Waals surface area contributed by atoms with E-state index in [1.54, 1.807) is 0 Å². The molecule has 1 aromatic rings. The fourth-order valence-electron chi connectivity index (χ4n) is 2.00. The zero-order chi connectivity index (χ0) is 10.5. The van der Waals surface area contributed by atoms with E-state index >= 15 is 0 Å². The minimum absolute atomic E-state index is 0.832. The van der Waals surface area contributed by atoms with E-state index in [0.29, 0.717) is 0 Å². The highest BCUT2D eigenvalue weighted by Gasteiger charge is 2.23. The second kappa shape index (κ2) is 5.66. The summed E-state index contributed by atoms with van der Waals surface area (Å²) in [5.41, 5.74) is 0. The monoisotopic (exact) mass is 271 g/mol. The van der Waals surface area contributed by atoms with Crippen LogP contribution in [0.3, 0.4) is 0 Å². The van der Waals surface area contributed by atoms with E-state index < -0.39 is 0 Å². The third-order valence-electron chi connectivity index (χ3n) is 3.14. The average molecular weight is 272 g/mol. The van der Waals surface area contributed by atoms with Crippen LogP contribution in [0.15, 0.2) is 18.5 Å². The van der Waals surface area contributed by atoms with E-state index in [1.807, 2.05) is 23.1 Å². The van der Waals surface area contributed by atoms with Crippen molar-refractivity contribution in [3.63, 3.8) is 0 Å². The van der Waals surface area contributed by atoms with Gasteiger partial charge in [-0.15, -0.1) is 0 Å². The highest BCUT2D eigenvalue weighted by molar-refractivity contribution is 9.09. The van der Waals surface area contributed by atoms with Crippen molar-refractivity contribution in [2.75, 3.05) is 18.4 Å². The molecule has 1 aromatic heterocycles. The van der Waals surface area contributed by atoms with E-state index in [4.69, 9.17) is 0 Å². The molecule has 0 spiro atoms. The van der Waals surface area contributed by atoms with Gasteiger partial charge in [0.1, 0.15) is 0 Å². The first-order valence-electron chi connectivity index (χ1n) is 5.67. The zero-order valence-corrected chi connectivity index (χ0v) is 10.6. The van der Waals surface area contributed by atoms with Gasteiger partial charge in [0.2, 0.25) is 0 Å². The van der Waals surface area contributed by atoms with Gasteiger partial charge >= 0.3 is 0 Å². The molecular weight excluding hydrogens is 254 g/mol. The number of nitrogens with zero attached hydrogens (tertiary/aromatic N) is 3. The van der Waals surface area contributed by atoms with Crippen molar-refractivity contribution in [2.45, 2.75) is 31.8 Å². The summed E-state index contributed by atoms with van der Waals surface area (Å²) in [5, 5.41) is 5.30. The lowest BCUT2D eigenvalue weighted by atomic mass is 9.91. The number of aromatic nitrogens is 2. The third kappa shape index (κ3) is 3.05. The molecule has 0 N–H and O–H groups in total. The van der Waals surface area contributed by atoms with Gasteiger partial charge in [-0.3, -0.25) is 9.58 Å². The largest absolute Gasteiger partial charge is 0.298 e. The molecule has 84 valence electrons. The molecule has 4 heteroatoms. The molecule has 3 nitrogen and oxygen atoms in total. The highest BCUT2D eigenvalue weighted by atomic mass is 79.9. The summed E-state index contributed by atoms with van der Waals surface area (Å²) in [7, 11) is 0. The molecule has 1 saturated carbocycles. The molecule has 0 aromatic carbocycles. The molecule has 0 saturated heterocycles. The van der Waals surface area contributed by atoms with Crippen molar-refractivity contribution in [3.8, 4) is 0 Å². The highest BCUT2D eigenvalue weighted by Crippen LogP contribution is 2.24. The van der Waals surface area contributed by atoms with Crippen molar-refractivity contribution in [2.24, 2.45) is 0 Å². The van der Waals surface area contributed by atoms with Gasteiger partial charge in [-0.1, -0.05) is 22.4 Å². The smallest absolute Gasteiger partial charge is 0.0536 e. The number of halogens is 1. The molecule has 0 amide bonds. The summed E-state index contributed by atoms with van der Waals surface area (Å²) in [4.78, 5) is 2.58. The Morgan fingerprint density at radius 3 is 2.80 bits per heavy atom. The van der Waals surface area contributed by atoms with E-state index in [0.717, 1.165) is 31.0 Å². The van der Waals surface area contributed by atoms with Crippen LogP contribution in [-0.2, 0) is 6.54 Å². The van der Waals surface area contributed by atoms with Crippen LogP contribution in [0, 0.1) is 0 Å². The molecule has 15 heavy (non-hydrogen) atoms. The second-order valence-electron chi connectivity index (χ2n) is 4.08. The summed E-state index contributed by atoms with van der Waals surface area (Å²) in [5.74, 6) is 0. The maximum Gasteiger partial charge on any atom is 0.0536 e. The van der Waals surface area contributed by atoms with Gasteiger partial charge in [0.15, 0.2) is 0 Å².